The van der Waals surface area contributed by atoms with Crippen LogP contribution in [0.2, 0.25) is 0 Å². The Morgan fingerprint density at radius 3 is 1.54 bits per heavy atom. The Hall–Kier alpha value is -7.69. The molecule has 4 nitrogen and oxygen atoms in total. The first-order valence-electron chi connectivity index (χ1n) is 19.2. The highest BCUT2D eigenvalue weighted by atomic mass is 16.3. The van der Waals surface area contributed by atoms with Gasteiger partial charge in [-0.2, -0.15) is 0 Å². The van der Waals surface area contributed by atoms with Crippen LogP contribution in [0.25, 0.3) is 111 Å². The van der Waals surface area contributed by atoms with Gasteiger partial charge in [0.2, 0.25) is 0 Å². The second kappa shape index (κ2) is 13.6. The number of furan rings is 1. The molecule has 0 spiro atoms. The highest BCUT2D eigenvalue weighted by Crippen LogP contribution is 2.44. The average molecular weight is 728 g/mol. The number of aromatic nitrogens is 3. The van der Waals surface area contributed by atoms with Crippen molar-refractivity contribution >= 4 is 43.5 Å². The van der Waals surface area contributed by atoms with E-state index in [0.29, 0.717) is 17.5 Å². The van der Waals surface area contributed by atoms with Crippen molar-refractivity contribution in [2.75, 3.05) is 0 Å². The Kier molecular flexibility index (Phi) is 7.78. The quantitative estimate of drug-likeness (QED) is 0.171. The molecule has 0 saturated carbocycles. The van der Waals surface area contributed by atoms with E-state index in [1.807, 2.05) is 60.7 Å². The third kappa shape index (κ3) is 5.83. The molecule has 0 atom stereocenters. The molecule has 0 radical (unpaired) electrons. The molecular formula is C53H33N3O. The standard InChI is InChI=1S/C53H33N3O/c1-3-14-36(15-4-1)51-54-52(37-16-5-2-6-17-37)56-53(55-51)38-28-25-35(26-29-38)40-19-11-20-41(31-40)46-33-47-49-43(42-30-27-34-13-7-8-18-39(34)32-42)23-12-24-48(49)57-50(47)45-22-10-9-21-44(45)46/h1-33H. The third-order valence-electron chi connectivity index (χ3n) is 10.9. The Morgan fingerprint density at radius 2 is 0.825 bits per heavy atom. The summed E-state index contributed by atoms with van der Waals surface area (Å²) >= 11 is 0. The Bertz CT molecular complexity index is 3220. The van der Waals surface area contributed by atoms with E-state index in [1.165, 1.54) is 21.9 Å². The molecule has 0 aliphatic carbocycles. The maximum Gasteiger partial charge on any atom is 0.164 e. The number of rotatable bonds is 6. The lowest BCUT2D eigenvalue weighted by Gasteiger charge is -2.12. The van der Waals surface area contributed by atoms with Crippen molar-refractivity contribution in [3.05, 3.63) is 200 Å². The summed E-state index contributed by atoms with van der Waals surface area (Å²) in [5.74, 6) is 1.93. The second-order valence-electron chi connectivity index (χ2n) is 14.4. The van der Waals surface area contributed by atoms with Crippen LogP contribution in [0.4, 0.5) is 0 Å². The fourth-order valence-corrected chi connectivity index (χ4v) is 8.10. The van der Waals surface area contributed by atoms with Crippen LogP contribution in [-0.2, 0) is 0 Å². The molecule has 57 heavy (non-hydrogen) atoms. The molecule has 9 aromatic carbocycles. The molecule has 2 aromatic heterocycles. The van der Waals surface area contributed by atoms with Gasteiger partial charge >= 0.3 is 0 Å². The van der Waals surface area contributed by atoms with E-state index in [9.17, 15) is 0 Å². The van der Waals surface area contributed by atoms with Gasteiger partial charge in [-0.1, -0.05) is 176 Å². The lowest BCUT2D eigenvalue weighted by Crippen LogP contribution is -2.00. The van der Waals surface area contributed by atoms with Gasteiger partial charge < -0.3 is 4.42 Å². The van der Waals surface area contributed by atoms with Crippen LogP contribution >= 0.6 is 0 Å². The zero-order chi connectivity index (χ0) is 37.7. The molecule has 0 fully saturated rings. The van der Waals surface area contributed by atoms with Crippen LogP contribution in [0, 0.1) is 0 Å². The van der Waals surface area contributed by atoms with Crippen LogP contribution in [-0.4, -0.2) is 15.0 Å². The van der Waals surface area contributed by atoms with Gasteiger partial charge in [-0.05, 0) is 73.8 Å². The van der Waals surface area contributed by atoms with E-state index in [1.54, 1.807) is 0 Å². The van der Waals surface area contributed by atoms with Crippen LogP contribution in [0.15, 0.2) is 205 Å². The topological polar surface area (TPSA) is 51.8 Å². The van der Waals surface area contributed by atoms with Crippen molar-refractivity contribution in [2.45, 2.75) is 0 Å². The van der Waals surface area contributed by atoms with Gasteiger partial charge in [0.05, 0.1) is 0 Å². The van der Waals surface area contributed by atoms with E-state index in [2.05, 4.69) is 140 Å². The molecule has 4 heteroatoms. The predicted octanol–water partition coefficient (Wildman–Crippen LogP) is 14.1. The maximum atomic E-state index is 6.70. The smallest absolute Gasteiger partial charge is 0.164 e. The number of benzene rings is 9. The molecule has 2 heterocycles. The lowest BCUT2D eigenvalue weighted by molar-refractivity contribution is 0.673. The summed E-state index contributed by atoms with van der Waals surface area (Å²) in [7, 11) is 0. The Labute approximate surface area is 329 Å². The van der Waals surface area contributed by atoms with Gasteiger partial charge in [0.15, 0.2) is 17.5 Å². The molecule has 266 valence electrons. The zero-order valence-corrected chi connectivity index (χ0v) is 30.8. The summed E-state index contributed by atoms with van der Waals surface area (Å²) in [6, 6.07) is 70.0. The monoisotopic (exact) mass is 727 g/mol. The van der Waals surface area contributed by atoms with Crippen LogP contribution < -0.4 is 0 Å². The van der Waals surface area contributed by atoms with E-state index in [4.69, 9.17) is 19.4 Å². The number of fused-ring (bicyclic) bond motifs is 6. The van der Waals surface area contributed by atoms with Crippen molar-refractivity contribution in [1.82, 2.24) is 15.0 Å². The van der Waals surface area contributed by atoms with Crippen molar-refractivity contribution in [1.29, 1.82) is 0 Å². The average Bonchev–Trinajstić information content (AvgIpc) is 3.68. The minimum absolute atomic E-state index is 0.637. The fourth-order valence-electron chi connectivity index (χ4n) is 8.10. The second-order valence-corrected chi connectivity index (χ2v) is 14.4. The van der Waals surface area contributed by atoms with Crippen LogP contribution in [0.3, 0.4) is 0 Å². The molecule has 0 amide bonds. The summed E-state index contributed by atoms with van der Waals surface area (Å²) in [5.41, 5.74) is 11.5. The molecule has 0 aliphatic rings. The van der Waals surface area contributed by atoms with Crippen molar-refractivity contribution in [2.24, 2.45) is 0 Å². The van der Waals surface area contributed by atoms with E-state index >= 15 is 0 Å². The third-order valence-corrected chi connectivity index (χ3v) is 10.9. The normalized spacial score (nSPS) is 11.5. The number of hydrogen-bond donors (Lipinski definition) is 0. The molecule has 11 aromatic rings. The van der Waals surface area contributed by atoms with Crippen LogP contribution in [0.5, 0.6) is 0 Å². The zero-order valence-electron chi connectivity index (χ0n) is 30.8. The van der Waals surface area contributed by atoms with Crippen molar-refractivity contribution in [3.63, 3.8) is 0 Å². The van der Waals surface area contributed by atoms with Crippen molar-refractivity contribution < 1.29 is 4.42 Å². The molecule has 0 unspecified atom stereocenters. The number of nitrogens with zero attached hydrogens (tertiary/aromatic N) is 3. The Balaban J connectivity index is 1.01. The first-order chi connectivity index (χ1) is 28.2. The summed E-state index contributed by atoms with van der Waals surface area (Å²) in [6.45, 7) is 0. The fraction of sp³-hybridized carbons (Fsp3) is 0. The molecule has 0 bridgehead atoms. The molecular weight excluding hydrogens is 695 g/mol. The maximum absolute atomic E-state index is 6.70. The largest absolute Gasteiger partial charge is 0.455 e. The SMILES string of the molecule is c1ccc(-c2nc(-c3ccccc3)nc(-c3ccc(-c4cccc(-c5cc6c(oc7cccc(-c8ccc9ccccc9c8)c76)c6ccccc56)c4)cc3)n2)cc1. The first kappa shape index (κ1) is 32.7. The first-order valence-corrected chi connectivity index (χ1v) is 19.2. The molecule has 0 saturated heterocycles. The summed E-state index contributed by atoms with van der Waals surface area (Å²) in [5, 5.41) is 6.95. The lowest BCUT2D eigenvalue weighted by atomic mass is 9.91. The summed E-state index contributed by atoms with van der Waals surface area (Å²) in [4.78, 5) is 14.7. The van der Waals surface area contributed by atoms with Gasteiger partial charge in [-0.3, -0.25) is 0 Å². The predicted molar refractivity (Wildman–Crippen MR) is 235 cm³/mol. The van der Waals surface area contributed by atoms with Gasteiger partial charge in [0.25, 0.3) is 0 Å². The molecule has 0 aliphatic heterocycles. The minimum atomic E-state index is 0.637. The minimum Gasteiger partial charge on any atom is -0.455 e. The molecule has 0 N–H and O–H groups in total. The van der Waals surface area contributed by atoms with E-state index in [-0.39, 0.29) is 0 Å². The highest BCUT2D eigenvalue weighted by Gasteiger charge is 2.19. The van der Waals surface area contributed by atoms with Gasteiger partial charge in [-0.25, -0.2) is 15.0 Å². The Morgan fingerprint density at radius 1 is 0.298 bits per heavy atom. The number of hydrogen-bond acceptors (Lipinski definition) is 4. The van der Waals surface area contributed by atoms with Gasteiger partial charge in [-0.15, -0.1) is 0 Å². The van der Waals surface area contributed by atoms with Crippen LogP contribution in [0.1, 0.15) is 0 Å². The summed E-state index contributed by atoms with van der Waals surface area (Å²) < 4.78 is 6.70. The van der Waals surface area contributed by atoms with E-state index < -0.39 is 0 Å². The van der Waals surface area contributed by atoms with Crippen molar-refractivity contribution in [3.8, 4) is 67.5 Å². The van der Waals surface area contributed by atoms with Gasteiger partial charge in [0, 0.05) is 32.8 Å². The van der Waals surface area contributed by atoms with E-state index in [0.717, 1.165) is 71.7 Å². The molecule has 11 rings (SSSR count). The summed E-state index contributed by atoms with van der Waals surface area (Å²) in [6.07, 6.45) is 0. The van der Waals surface area contributed by atoms with Gasteiger partial charge in [0.1, 0.15) is 11.2 Å². The highest BCUT2D eigenvalue weighted by molar-refractivity contribution is 6.22.